The monoisotopic (exact) mass is 276 g/mol. The topological polar surface area (TPSA) is 64.3 Å². The van der Waals surface area contributed by atoms with E-state index in [2.05, 4.69) is 5.32 Å². The van der Waals surface area contributed by atoms with Gasteiger partial charge in [0.25, 0.3) is 0 Å². The first-order chi connectivity index (χ1) is 9.67. The fourth-order valence-electron chi connectivity index (χ4n) is 2.69. The van der Waals surface area contributed by atoms with Gasteiger partial charge in [0.1, 0.15) is 5.75 Å². The molecule has 0 heterocycles. The molecule has 0 saturated heterocycles. The predicted octanol–water partition coefficient (Wildman–Crippen LogP) is 2.01. The van der Waals surface area contributed by atoms with Crippen molar-refractivity contribution in [2.45, 2.75) is 50.6 Å². The van der Waals surface area contributed by atoms with Crippen molar-refractivity contribution in [1.29, 1.82) is 0 Å². The van der Waals surface area contributed by atoms with Gasteiger partial charge >= 0.3 is 0 Å². The van der Waals surface area contributed by atoms with E-state index in [1.54, 1.807) is 7.11 Å². The lowest BCUT2D eigenvalue weighted by molar-refractivity contribution is -0.121. The van der Waals surface area contributed by atoms with E-state index in [9.17, 15) is 4.79 Å². The molecule has 1 aliphatic rings. The number of ether oxygens (including phenoxy) is 1. The Hall–Kier alpha value is -1.55. The summed E-state index contributed by atoms with van der Waals surface area (Å²) in [6.07, 6.45) is 5.34. The zero-order valence-corrected chi connectivity index (χ0v) is 12.1. The van der Waals surface area contributed by atoms with Crippen LogP contribution in [0.25, 0.3) is 0 Å². The highest BCUT2D eigenvalue weighted by atomic mass is 16.5. The third-order valence-corrected chi connectivity index (χ3v) is 3.87. The second-order valence-electron chi connectivity index (χ2n) is 5.54. The van der Waals surface area contributed by atoms with Crippen molar-refractivity contribution in [2.24, 2.45) is 5.73 Å². The third-order valence-electron chi connectivity index (χ3n) is 3.87. The molecule has 1 aromatic carbocycles. The highest BCUT2D eigenvalue weighted by Gasteiger charge is 2.22. The number of aryl methyl sites for hydroxylation is 1. The standard InChI is InChI=1S/C16H24N2O2/c1-20-15-9-5-12(6-10-15)3-2-4-16(19)18-14-8-7-13(17)11-14/h5-6,9-10,13-14H,2-4,7-8,11,17H2,1H3,(H,18,19)/t13-,14-/m1/s1. The van der Waals surface area contributed by atoms with Crippen LogP contribution in [0.4, 0.5) is 0 Å². The molecule has 0 unspecified atom stereocenters. The highest BCUT2D eigenvalue weighted by molar-refractivity contribution is 5.76. The summed E-state index contributed by atoms with van der Waals surface area (Å²) in [5.74, 6) is 1.02. The number of carbonyl (C=O) groups excluding carboxylic acids is 1. The second kappa shape index (κ2) is 7.29. The van der Waals surface area contributed by atoms with E-state index in [1.165, 1.54) is 5.56 Å². The van der Waals surface area contributed by atoms with E-state index in [0.29, 0.717) is 12.5 Å². The lowest BCUT2D eigenvalue weighted by atomic mass is 10.1. The number of amides is 1. The average Bonchev–Trinajstić information content (AvgIpc) is 2.85. The van der Waals surface area contributed by atoms with Crippen molar-refractivity contribution in [1.82, 2.24) is 5.32 Å². The van der Waals surface area contributed by atoms with E-state index in [4.69, 9.17) is 10.5 Å². The molecule has 0 aliphatic heterocycles. The van der Waals surface area contributed by atoms with Crippen LogP contribution in [-0.4, -0.2) is 25.1 Å². The van der Waals surface area contributed by atoms with Gasteiger partial charge in [0.2, 0.25) is 5.91 Å². The summed E-state index contributed by atoms with van der Waals surface area (Å²) in [5.41, 5.74) is 7.08. The largest absolute Gasteiger partial charge is 0.497 e. The first kappa shape index (κ1) is 14.9. The van der Waals surface area contributed by atoms with Gasteiger partial charge in [0.05, 0.1) is 7.11 Å². The first-order valence-corrected chi connectivity index (χ1v) is 7.35. The van der Waals surface area contributed by atoms with Crippen LogP contribution in [0.5, 0.6) is 5.75 Å². The maximum Gasteiger partial charge on any atom is 0.220 e. The quantitative estimate of drug-likeness (QED) is 0.835. The lowest BCUT2D eigenvalue weighted by Crippen LogP contribution is -2.33. The van der Waals surface area contributed by atoms with Gasteiger partial charge in [-0.3, -0.25) is 4.79 Å². The number of hydrogen-bond acceptors (Lipinski definition) is 3. The fourth-order valence-corrected chi connectivity index (χ4v) is 2.69. The molecule has 110 valence electrons. The zero-order valence-electron chi connectivity index (χ0n) is 12.1. The van der Waals surface area contributed by atoms with Crippen molar-refractivity contribution in [3.8, 4) is 5.75 Å². The van der Waals surface area contributed by atoms with E-state index in [-0.39, 0.29) is 11.9 Å². The van der Waals surface area contributed by atoms with Crippen LogP contribution in [0.2, 0.25) is 0 Å². The van der Waals surface area contributed by atoms with Crippen molar-refractivity contribution in [3.63, 3.8) is 0 Å². The molecule has 2 rings (SSSR count). The minimum absolute atomic E-state index is 0.151. The summed E-state index contributed by atoms with van der Waals surface area (Å²) < 4.78 is 5.12. The Balaban J connectivity index is 1.65. The molecule has 3 N–H and O–H groups in total. The molecule has 1 amide bonds. The third kappa shape index (κ3) is 4.53. The van der Waals surface area contributed by atoms with Gasteiger partial charge in [-0.2, -0.15) is 0 Å². The SMILES string of the molecule is COc1ccc(CCCC(=O)N[C@@H]2CC[C@@H](N)C2)cc1. The number of nitrogens with two attached hydrogens (primary N) is 1. The van der Waals surface area contributed by atoms with Gasteiger partial charge < -0.3 is 15.8 Å². The van der Waals surface area contributed by atoms with Crippen LogP contribution in [0.3, 0.4) is 0 Å². The number of methoxy groups -OCH3 is 1. The maximum absolute atomic E-state index is 11.8. The smallest absolute Gasteiger partial charge is 0.220 e. The van der Waals surface area contributed by atoms with Crippen LogP contribution in [0.1, 0.15) is 37.7 Å². The molecule has 1 aromatic rings. The van der Waals surface area contributed by atoms with Crippen LogP contribution in [0, 0.1) is 0 Å². The molecule has 0 radical (unpaired) electrons. The van der Waals surface area contributed by atoms with E-state index in [0.717, 1.165) is 37.9 Å². The summed E-state index contributed by atoms with van der Waals surface area (Å²) in [7, 11) is 1.66. The Labute approximate surface area is 120 Å². The molecule has 4 nitrogen and oxygen atoms in total. The Morgan fingerprint density at radius 1 is 1.35 bits per heavy atom. The molecular formula is C16H24N2O2. The Morgan fingerprint density at radius 2 is 2.10 bits per heavy atom. The van der Waals surface area contributed by atoms with Gasteiger partial charge in [0.15, 0.2) is 0 Å². The Morgan fingerprint density at radius 3 is 2.70 bits per heavy atom. The second-order valence-corrected chi connectivity index (χ2v) is 5.54. The summed E-state index contributed by atoms with van der Waals surface area (Å²) in [4.78, 5) is 11.8. The van der Waals surface area contributed by atoms with Crippen LogP contribution in [-0.2, 0) is 11.2 Å². The number of rotatable bonds is 6. The lowest BCUT2D eigenvalue weighted by Gasteiger charge is -2.12. The van der Waals surface area contributed by atoms with E-state index in [1.807, 2.05) is 24.3 Å². The Kier molecular flexibility index (Phi) is 5.41. The average molecular weight is 276 g/mol. The Bertz CT molecular complexity index is 431. The summed E-state index contributed by atoms with van der Waals surface area (Å²) in [6, 6.07) is 8.56. The fraction of sp³-hybridized carbons (Fsp3) is 0.562. The summed E-state index contributed by atoms with van der Waals surface area (Å²) in [6.45, 7) is 0. The molecule has 4 heteroatoms. The van der Waals surface area contributed by atoms with Gasteiger partial charge in [-0.05, 0) is 49.8 Å². The number of hydrogen-bond donors (Lipinski definition) is 2. The van der Waals surface area contributed by atoms with Gasteiger partial charge in [-0.25, -0.2) is 0 Å². The van der Waals surface area contributed by atoms with E-state index >= 15 is 0 Å². The van der Waals surface area contributed by atoms with Crippen LogP contribution in [0.15, 0.2) is 24.3 Å². The minimum Gasteiger partial charge on any atom is -0.497 e. The van der Waals surface area contributed by atoms with Gasteiger partial charge in [-0.15, -0.1) is 0 Å². The number of nitrogens with one attached hydrogen (secondary N) is 1. The number of benzene rings is 1. The molecule has 20 heavy (non-hydrogen) atoms. The zero-order chi connectivity index (χ0) is 14.4. The molecule has 0 bridgehead atoms. The normalized spacial score (nSPS) is 21.7. The van der Waals surface area contributed by atoms with Gasteiger partial charge in [0, 0.05) is 18.5 Å². The predicted molar refractivity (Wildman–Crippen MR) is 79.7 cm³/mol. The maximum atomic E-state index is 11.8. The van der Waals surface area contributed by atoms with E-state index < -0.39 is 0 Å². The highest BCUT2D eigenvalue weighted by Crippen LogP contribution is 2.17. The summed E-state index contributed by atoms with van der Waals surface area (Å²) in [5, 5.41) is 3.07. The molecule has 0 aromatic heterocycles. The molecule has 2 atom stereocenters. The summed E-state index contributed by atoms with van der Waals surface area (Å²) >= 11 is 0. The van der Waals surface area contributed by atoms with Crippen molar-refractivity contribution >= 4 is 5.91 Å². The van der Waals surface area contributed by atoms with Crippen molar-refractivity contribution in [3.05, 3.63) is 29.8 Å². The van der Waals surface area contributed by atoms with Gasteiger partial charge in [-0.1, -0.05) is 12.1 Å². The van der Waals surface area contributed by atoms with Crippen LogP contribution < -0.4 is 15.8 Å². The minimum atomic E-state index is 0.151. The molecule has 1 aliphatic carbocycles. The number of carbonyl (C=O) groups is 1. The molecule has 1 fully saturated rings. The first-order valence-electron chi connectivity index (χ1n) is 7.35. The van der Waals surface area contributed by atoms with Crippen molar-refractivity contribution < 1.29 is 9.53 Å². The van der Waals surface area contributed by atoms with Crippen molar-refractivity contribution in [2.75, 3.05) is 7.11 Å². The molecule has 0 spiro atoms. The molecular weight excluding hydrogens is 252 g/mol. The molecule has 1 saturated carbocycles. The van der Waals surface area contributed by atoms with Crippen LogP contribution >= 0.6 is 0 Å².